The summed E-state index contributed by atoms with van der Waals surface area (Å²) >= 11 is 9.19. The maximum Gasteiger partial charge on any atom is 0.341 e. The zero-order chi connectivity index (χ0) is 13.1. The smallest absolute Gasteiger partial charge is 0.341 e. The first-order valence-electron chi connectivity index (χ1n) is 6.10. The van der Waals surface area contributed by atoms with Crippen LogP contribution in [0.15, 0.2) is 16.7 Å². The van der Waals surface area contributed by atoms with Crippen LogP contribution in [-0.2, 0) is 4.74 Å². The summed E-state index contributed by atoms with van der Waals surface area (Å²) < 4.78 is 6.26. The van der Waals surface area contributed by atoms with Gasteiger partial charge < -0.3 is 4.74 Å². The van der Waals surface area contributed by atoms with Crippen molar-refractivity contribution < 1.29 is 9.53 Å². The molecule has 1 heterocycles. The number of hydrogen-bond donors (Lipinski definition) is 0. The molecular weight excluding hydrogens is 318 g/mol. The Hall–Kier alpha value is -0.610. The van der Waals surface area contributed by atoms with Gasteiger partial charge in [-0.2, -0.15) is 0 Å². The van der Waals surface area contributed by atoms with Crippen LogP contribution in [0.25, 0.3) is 0 Å². The lowest BCUT2D eigenvalue weighted by molar-refractivity contribution is 0.00478. The van der Waals surface area contributed by atoms with Crippen LogP contribution in [0.2, 0.25) is 5.15 Å². The standard InChI is InChI=1S/C13H15BrClNO2/c1-8-4-2-3-5-11(8)18-13(17)10-6-9(14)7-16-12(10)15/h6-8,11H,2-5H2,1H3. The highest BCUT2D eigenvalue weighted by Crippen LogP contribution is 2.28. The lowest BCUT2D eigenvalue weighted by Gasteiger charge is -2.28. The first-order valence-corrected chi connectivity index (χ1v) is 7.27. The molecule has 1 fully saturated rings. The second-order valence-corrected chi connectivity index (χ2v) is 5.97. The van der Waals surface area contributed by atoms with Gasteiger partial charge in [-0.25, -0.2) is 9.78 Å². The van der Waals surface area contributed by atoms with E-state index in [1.165, 1.54) is 6.42 Å². The van der Waals surface area contributed by atoms with Crippen molar-refractivity contribution in [1.29, 1.82) is 0 Å². The normalized spacial score (nSPS) is 23.7. The van der Waals surface area contributed by atoms with Crippen molar-refractivity contribution >= 4 is 33.5 Å². The van der Waals surface area contributed by atoms with Crippen LogP contribution in [0.5, 0.6) is 0 Å². The van der Waals surface area contributed by atoms with Crippen LogP contribution < -0.4 is 0 Å². The Morgan fingerprint density at radius 3 is 2.94 bits per heavy atom. The van der Waals surface area contributed by atoms with Crippen molar-refractivity contribution in [1.82, 2.24) is 4.98 Å². The molecule has 0 N–H and O–H groups in total. The summed E-state index contributed by atoms with van der Waals surface area (Å²) in [7, 11) is 0. The molecule has 3 nitrogen and oxygen atoms in total. The van der Waals surface area contributed by atoms with Gasteiger partial charge in [-0.1, -0.05) is 24.9 Å². The Labute approximate surface area is 120 Å². The van der Waals surface area contributed by atoms with E-state index in [4.69, 9.17) is 16.3 Å². The highest BCUT2D eigenvalue weighted by atomic mass is 79.9. The molecule has 1 aromatic heterocycles. The van der Waals surface area contributed by atoms with Crippen LogP contribution in [0.4, 0.5) is 0 Å². The van der Waals surface area contributed by atoms with Gasteiger partial charge >= 0.3 is 5.97 Å². The highest BCUT2D eigenvalue weighted by molar-refractivity contribution is 9.10. The second kappa shape index (κ2) is 6.02. The van der Waals surface area contributed by atoms with Crippen LogP contribution in [-0.4, -0.2) is 17.1 Å². The summed E-state index contributed by atoms with van der Waals surface area (Å²) in [6.45, 7) is 2.12. The largest absolute Gasteiger partial charge is 0.458 e. The second-order valence-electron chi connectivity index (χ2n) is 4.70. The lowest BCUT2D eigenvalue weighted by Crippen LogP contribution is -2.28. The minimum Gasteiger partial charge on any atom is -0.458 e. The van der Waals surface area contributed by atoms with Crippen molar-refractivity contribution in [3.63, 3.8) is 0 Å². The zero-order valence-electron chi connectivity index (χ0n) is 10.2. The number of nitrogens with zero attached hydrogens (tertiary/aromatic N) is 1. The fourth-order valence-corrected chi connectivity index (χ4v) is 2.74. The molecule has 2 unspecified atom stereocenters. The Morgan fingerprint density at radius 1 is 1.50 bits per heavy atom. The molecular formula is C13H15BrClNO2. The summed E-state index contributed by atoms with van der Waals surface area (Å²) in [4.78, 5) is 16.0. The van der Waals surface area contributed by atoms with Crippen LogP contribution >= 0.6 is 27.5 Å². The van der Waals surface area contributed by atoms with E-state index < -0.39 is 0 Å². The number of halogens is 2. The predicted molar refractivity (Wildman–Crippen MR) is 73.8 cm³/mol. The maximum atomic E-state index is 12.1. The van der Waals surface area contributed by atoms with Gasteiger partial charge in [-0.3, -0.25) is 0 Å². The fourth-order valence-electron chi connectivity index (χ4n) is 2.22. The number of esters is 1. The number of carbonyl (C=O) groups is 1. The Morgan fingerprint density at radius 2 is 2.22 bits per heavy atom. The predicted octanol–water partition coefficient (Wildman–Crippen LogP) is 4.23. The molecule has 1 saturated carbocycles. The summed E-state index contributed by atoms with van der Waals surface area (Å²) in [5, 5.41) is 0.187. The molecule has 2 atom stereocenters. The summed E-state index contributed by atoms with van der Waals surface area (Å²) in [5.74, 6) is 0.0362. The number of aromatic nitrogens is 1. The average Bonchev–Trinajstić information content (AvgIpc) is 2.35. The molecule has 1 aliphatic carbocycles. The fraction of sp³-hybridized carbons (Fsp3) is 0.538. The van der Waals surface area contributed by atoms with Gasteiger partial charge in [0.05, 0.1) is 5.56 Å². The van der Waals surface area contributed by atoms with Crippen molar-refractivity contribution in [2.75, 3.05) is 0 Å². The van der Waals surface area contributed by atoms with Crippen LogP contribution in [0.1, 0.15) is 43.0 Å². The number of carbonyl (C=O) groups excluding carboxylic acids is 1. The van der Waals surface area contributed by atoms with Gasteiger partial charge in [-0.05, 0) is 47.2 Å². The number of hydrogen-bond acceptors (Lipinski definition) is 3. The van der Waals surface area contributed by atoms with Gasteiger partial charge in [0.1, 0.15) is 11.3 Å². The Bertz CT molecular complexity index is 453. The minimum absolute atomic E-state index is 0.00120. The van der Waals surface area contributed by atoms with Crippen LogP contribution in [0.3, 0.4) is 0 Å². The molecule has 0 bridgehead atoms. The molecule has 0 saturated heterocycles. The molecule has 98 valence electrons. The molecule has 1 aromatic rings. The number of ether oxygens (including phenoxy) is 1. The maximum absolute atomic E-state index is 12.1. The number of pyridine rings is 1. The SMILES string of the molecule is CC1CCCCC1OC(=O)c1cc(Br)cnc1Cl. The van der Waals surface area contributed by atoms with Gasteiger partial charge in [-0.15, -0.1) is 0 Å². The monoisotopic (exact) mass is 331 g/mol. The first kappa shape index (κ1) is 13.8. The number of rotatable bonds is 2. The molecule has 0 aromatic carbocycles. The van der Waals surface area contributed by atoms with E-state index in [-0.39, 0.29) is 17.2 Å². The van der Waals surface area contributed by atoms with E-state index in [1.54, 1.807) is 12.3 Å². The van der Waals surface area contributed by atoms with E-state index >= 15 is 0 Å². The third-order valence-corrected chi connectivity index (χ3v) is 4.05. The topological polar surface area (TPSA) is 39.2 Å². The Kier molecular flexibility index (Phi) is 4.62. The molecule has 0 radical (unpaired) electrons. The minimum atomic E-state index is -0.382. The van der Waals surface area contributed by atoms with Crippen molar-refractivity contribution in [3.05, 3.63) is 27.5 Å². The van der Waals surface area contributed by atoms with Gasteiger partial charge in [0.2, 0.25) is 0 Å². The molecule has 0 spiro atoms. The zero-order valence-corrected chi connectivity index (χ0v) is 12.5. The molecule has 2 rings (SSSR count). The molecule has 5 heteroatoms. The molecule has 18 heavy (non-hydrogen) atoms. The molecule has 0 amide bonds. The molecule has 1 aliphatic rings. The van der Waals surface area contributed by atoms with E-state index in [9.17, 15) is 4.79 Å². The van der Waals surface area contributed by atoms with E-state index in [2.05, 4.69) is 27.8 Å². The van der Waals surface area contributed by atoms with Gasteiger partial charge in [0.25, 0.3) is 0 Å². The van der Waals surface area contributed by atoms with E-state index in [0.29, 0.717) is 11.5 Å². The van der Waals surface area contributed by atoms with Crippen molar-refractivity contribution in [2.24, 2.45) is 5.92 Å². The third kappa shape index (κ3) is 3.23. The van der Waals surface area contributed by atoms with Gasteiger partial charge in [0.15, 0.2) is 0 Å². The quantitative estimate of drug-likeness (QED) is 0.601. The van der Waals surface area contributed by atoms with Crippen molar-refractivity contribution in [2.45, 2.75) is 38.7 Å². The molecule has 0 aliphatic heterocycles. The summed E-state index contributed by atoms with van der Waals surface area (Å²) in [5.41, 5.74) is 0.323. The highest BCUT2D eigenvalue weighted by Gasteiger charge is 2.26. The average molecular weight is 333 g/mol. The lowest BCUT2D eigenvalue weighted by atomic mass is 9.88. The van der Waals surface area contributed by atoms with E-state index in [0.717, 1.165) is 23.7 Å². The summed E-state index contributed by atoms with van der Waals surface area (Å²) in [6.07, 6.45) is 5.94. The first-order chi connectivity index (χ1) is 8.58. The summed E-state index contributed by atoms with van der Waals surface area (Å²) in [6, 6.07) is 1.64. The van der Waals surface area contributed by atoms with Crippen molar-refractivity contribution in [3.8, 4) is 0 Å². The van der Waals surface area contributed by atoms with E-state index in [1.807, 2.05) is 0 Å². The van der Waals surface area contributed by atoms with Gasteiger partial charge in [0, 0.05) is 10.7 Å². The Balaban J connectivity index is 2.09. The third-order valence-electron chi connectivity index (χ3n) is 3.32. The van der Waals surface area contributed by atoms with Crippen LogP contribution in [0, 0.1) is 5.92 Å².